The zero-order chi connectivity index (χ0) is 17.3. The van der Waals surface area contributed by atoms with E-state index in [-0.39, 0.29) is 18.5 Å². The largest absolute Gasteiger partial charge is 0.464 e. The average molecular weight is 341 g/mol. The maximum atomic E-state index is 11.8. The lowest BCUT2D eigenvalue weighted by Crippen LogP contribution is -2.29. The fourth-order valence-corrected chi connectivity index (χ4v) is 2.16. The molecule has 7 nitrogen and oxygen atoms in total. The summed E-state index contributed by atoms with van der Waals surface area (Å²) in [5, 5.41) is 2.28. The summed E-state index contributed by atoms with van der Waals surface area (Å²) >= 11 is 0. The minimum atomic E-state index is -2.86. The molecule has 0 radical (unpaired) electrons. The molecule has 1 rings (SSSR count). The van der Waals surface area contributed by atoms with Crippen molar-refractivity contribution in [2.45, 2.75) is 6.61 Å². The lowest BCUT2D eigenvalue weighted by atomic mass is 10.2. The highest BCUT2D eigenvalue weighted by Crippen LogP contribution is 2.41. The molecular formula is C15H20NO6P. The van der Waals surface area contributed by atoms with Gasteiger partial charge in [0.25, 0.3) is 0 Å². The number of nitrogens with one attached hydrogen (secondary N) is 1. The van der Waals surface area contributed by atoms with Crippen molar-refractivity contribution < 1.29 is 28.2 Å². The van der Waals surface area contributed by atoms with Crippen LogP contribution in [0.3, 0.4) is 0 Å². The molecule has 0 aliphatic rings. The molecule has 126 valence electrons. The van der Waals surface area contributed by atoms with Gasteiger partial charge in [-0.3, -0.25) is 9.88 Å². The quantitative estimate of drug-likeness (QED) is 0.465. The first-order chi connectivity index (χ1) is 10.9. The Bertz CT molecular complexity index is 614. The van der Waals surface area contributed by atoms with E-state index in [1.165, 1.54) is 27.0 Å². The molecule has 0 heterocycles. The summed E-state index contributed by atoms with van der Waals surface area (Å²) in [5.41, 5.74) is 0.661. The van der Waals surface area contributed by atoms with Gasteiger partial charge in [-0.05, 0) is 11.6 Å². The Morgan fingerprint density at radius 3 is 2.43 bits per heavy atom. The molecule has 0 spiro atoms. The van der Waals surface area contributed by atoms with Crippen molar-refractivity contribution in [3.05, 3.63) is 47.7 Å². The summed E-state index contributed by atoms with van der Waals surface area (Å²) in [7, 11) is -0.371. The predicted molar refractivity (Wildman–Crippen MR) is 85.3 cm³/mol. The van der Waals surface area contributed by atoms with Gasteiger partial charge in [0.05, 0.1) is 7.11 Å². The van der Waals surface area contributed by atoms with E-state index >= 15 is 0 Å². The molecule has 23 heavy (non-hydrogen) atoms. The number of ether oxygens (including phenoxy) is 2. The Balaban J connectivity index is 2.66. The molecule has 8 heteroatoms. The SMILES string of the molecule is COC(=O)/C(=C/CP(C)(=O)OC)NC(=O)OCc1ccccc1. The predicted octanol–water partition coefficient (Wildman–Crippen LogP) is 2.52. The van der Waals surface area contributed by atoms with Crippen LogP contribution in [-0.4, -0.2) is 39.1 Å². The molecule has 0 saturated carbocycles. The smallest absolute Gasteiger partial charge is 0.412 e. The summed E-state index contributed by atoms with van der Waals surface area (Å²) in [6, 6.07) is 9.09. The van der Waals surface area contributed by atoms with E-state index < -0.39 is 19.4 Å². The van der Waals surface area contributed by atoms with Crippen LogP contribution < -0.4 is 5.32 Å². The number of carbonyl (C=O) groups is 2. The first-order valence-electron chi connectivity index (χ1n) is 6.76. The van der Waals surface area contributed by atoms with Crippen LogP contribution in [0.25, 0.3) is 0 Å². The number of hydrogen-bond donors (Lipinski definition) is 1. The zero-order valence-electron chi connectivity index (χ0n) is 13.3. The van der Waals surface area contributed by atoms with E-state index in [1.54, 1.807) is 12.1 Å². The average Bonchev–Trinajstić information content (AvgIpc) is 2.57. The van der Waals surface area contributed by atoms with Gasteiger partial charge in [-0.25, -0.2) is 9.59 Å². The highest BCUT2D eigenvalue weighted by molar-refractivity contribution is 7.58. The molecular weight excluding hydrogens is 321 g/mol. The monoisotopic (exact) mass is 341 g/mol. The molecule has 1 atom stereocenters. The molecule has 0 fully saturated rings. The number of esters is 1. The first-order valence-corrected chi connectivity index (χ1v) is 9.02. The molecule has 1 aromatic rings. The Morgan fingerprint density at radius 2 is 1.87 bits per heavy atom. The zero-order valence-corrected chi connectivity index (χ0v) is 14.2. The molecule has 0 aliphatic heterocycles. The molecule has 0 bridgehead atoms. The molecule has 1 amide bonds. The van der Waals surface area contributed by atoms with Gasteiger partial charge in [0, 0.05) is 19.9 Å². The second kappa shape index (κ2) is 9.12. The highest BCUT2D eigenvalue weighted by Gasteiger charge is 2.18. The van der Waals surface area contributed by atoms with Gasteiger partial charge in [-0.1, -0.05) is 30.3 Å². The fourth-order valence-electron chi connectivity index (χ4n) is 1.50. The van der Waals surface area contributed by atoms with Crippen LogP contribution >= 0.6 is 7.37 Å². The molecule has 1 N–H and O–H groups in total. The van der Waals surface area contributed by atoms with Gasteiger partial charge in [-0.15, -0.1) is 0 Å². The van der Waals surface area contributed by atoms with E-state index in [2.05, 4.69) is 10.1 Å². The topological polar surface area (TPSA) is 90.9 Å². The first kappa shape index (κ1) is 18.9. The fraction of sp³-hybridized carbons (Fsp3) is 0.333. The third-order valence-electron chi connectivity index (χ3n) is 2.87. The van der Waals surface area contributed by atoms with Crippen LogP contribution in [0.4, 0.5) is 4.79 Å². The van der Waals surface area contributed by atoms with E-state index in [9.17, 15) is 14.2 Å². The van der Waals surface area contributed by atoms with Crippen LogP contribution in [0.2, 0.25) is 0 Å². The van der Waals surface area contributed by atoms with Gasteiger partial charge < -0.3 is 14.0 Å². The lowest BCUT2D eigenvalue weighted by Gasteiger charge is -2.11. The van der Waals surface area contributed by atoms with Crippen molar-refractivity contribution in [1.29, 1.82) is 0 Å². The van der Waals surface area contributed by atoms with Gasteiger partial charge >= 0.3 is 12.1 Å². The molecule has 0 aromatic heterocycles. The number of carbonyl (C=O) groups excluding carboxylic acids is 2. The second-order valence-corrected chi connectivity index (χ2v) is 7.43. The summed E-state index contributed by atoms with van der Waals surface area (Å²) < 4.78 is 26.2. The molecule has 0 aliphatic carbocycles. The number of rotatable bonds is 7. The van der Waals surface area contributed by atoms with Crippen LogP contribution in [0.15, 0.2) is 42.1 Å². The van der Waals surface area contributed by atoms with Crippen molar-refractivity contribution in [3.63, 3.8) is 0 Å². The third-order valence-corrected chi connectivity index (χ3v) is 4.49. The van der Waals surface area contributed by atoms with E-state index in [0.29, 0.717) is 0 Å². The Kier molecular flexibility index (Phi) is 7.51. The minimum Gasteiger partial charge on any atom is -0.464 e. The van der Waals surface area contributed by atoms with Gasteiger partial charge in [0.1, 0.15) is 12.3 Å². The van der Waals surface area contributed by atoms with Crippen LogP contribution in [-0.2, 0) is 30.0 Å². The van der Waals surface area contributed by atoms with Crippen molar-refractivity contribution in [2.24, 2.45) is 0 Å². The Morgan fingerprint density at radius 1 is 1.22 bits per heavy atom. The molecule has 0 saturated heterocycles. The lowest BCUT2D eigenvalue weighted by molar-refractivity contribution is -0.136. The van der Waals surface area contributed by atoms with E-state index in [1.807, 2.05) is 18.2 Å². The summed E-state index contributed by atoms with van der Waals surface area (Å²) in [6.45, 7) is 1.48. The van der Waals surface area contributed by atoms with E-state index in [4.69, 9.17) is 9.26 Å². The third kappa shape index (κ3) is 7.13. The second-order valence-electron chi connectivity index (χ2n) is 4.68. The standard InChI is InChI=1S/C15H20NO6P/c1-20-14(17)13(9-10-23(3,19)21-2)16-15(18)22-11-12-7-5-4-6-8-12/h4-9H,10-11H2,1-3H3,(H,16,18)/b13-9-. The number of benzene rings is 1. The van der Waals surface area contributed by atoms with Gasteiger partial charge in [-0.2, -0.15) is 0 Å². The number of hydrogen-bond acceptors (Lipinski definition) is 6. The van der Waals surface area contributed by atoms with Crippen molar-refractivity contribution in [1.82, 2.24) is 5.32 Å². The Labute approximate surface area is 135 Å². The number of allylic oxidation sites excluding steroid dienone is 1. The summed E-state index contributed by atoms with van der Waals surface area (Å²) in [4.78, 5) is 23.4. The summed E-state index contributed by atoms with van der Waals surface area (Å²) in [5.74, 6) is -0.766. The van der Waals surface area contributed by atoms with Crippen molar-refractivity contribution in [3.8, 4) is 0 Å². The summed E-state index contributed by atoms with van der Waals surface area (Å²) in [6.07, 6.45) is 0.459. The Hall–Kier alpha value is -2.11. The van der Waals surface area contributed by atoms with E-state index in [0.717, 1.165) is 5.56 Å². The highest BCUT2D eigenvalue weighted by atomic mass is 31.2. The normalized spacial score (nSPS) is 13.8. The molecule has 1 aromatic carbocycles. The van der Waals surface area contributed by atoms with Crippen molar-refractivity contribution >= 4 is 19.4 Å². The maximum Gasteiger partial charge on any atom is 0.412 e. The van der Waals surface area contributed by atoms with Crippen molar-refractivity contribution in [2.75, 3.05) is 27.0 Å². The number of methoxy groups -OCH3 is 1. The van der Waals surface area contributed by atoms with Crippen LogP contribution in [0, 0.1) is 0 Å². The maximum absolute atomic E-state index is 11.8. The van der Waals surface area contributed by atoms with Crippen LogP contribution in [0.1, 0.15) is 5.56 Å². The number of alkyl carbamates (subject to hydrolysis) is 1. The number of amides is 1. The van der Waals surface area contributed by atoms with Gasteiger partial charge in [0.2, 0.25) is 7.37 Å². The van der Waals surface area contributed by atoms with Gasteiger partial charge in [0.15, 0.2) is 0 Å². The minimum absolute atomic E-state index is 0.0209. The van der Waals surface area contributed by atoms with Crippen LogP contribution in [0.5, 0.6) is 0 Å². The molecule has 1 unspecified atom stereocenters.